The Labute approximate surface area is 267 Å². The largest absolute Gasteiger partial charge is 0.364 e. The predicted octanol–water partition coefficient (Wildman–Crippen LogP) is 4.41. The Morgan fingerprint density at radius 2 is 1.76 bits per heavy atom. The van der Waals surface area contributed by atoms with Crippen molar-refractivity contribution < 1.29 is 18.8 Å². The molecule has 228 valence electrons. The Kier molecular flexibility index (Phi) is 7.42. The lowest BCUT2D eigenvalue weighted by atomic mass is 10.0. The summed E-state index contributed by atoms with van der Waals surface area (Å²) in [7, 11) is 0. The van der Waals surface area contributed by atoms with Crippen molar-refractivity contribution in [1.82, 2.24) is 24.6 Å². The Bertz CT molecular complexity index is 2110. The minimum Gasteiger partial charge on any atom is -0.364 e. The zero-order valence-electron chi connectivity index (χ0n) is 24.2. The molecule has 46 heavy (non-hydrogen) atoms. The number of amides is 3. The van der Waals surface area contributed by atoms with Gasteiger partial charge in [0, 0.05) is 45.5 Å². The van der Waals surface area contributed by atoms with Crippen molar-refractivity contribution in [3.8, 4) is 23.0 Å². The van der Waals surface area contributed by atoms with E-state index in [4.69, 9.17) is 17.3 Å². The van der Waals surface area contributed by atoms with Gasteiger partial charge in [0.2, 0.25) is 17.6 Å². The van der Waals surface area contributed by atoms with Crippen molar-refractivity contribution in [1.29, 1.82) is 0 Å². The minimum absolute atomic E-state index is 0.00251. The second kappa shape index (κ2) is 11.7. The summed E-state index contributed by atoms with van der Waals surface area (Å²) in [4.78, 5) is 49.3. The monoisotopic (exact) mass is 633 g/mol. The number of hydrogen-bond donors (Lipinski definition) is 2. The van der Waals surface area contributed by atoms with Crippen molar-refractivity contribution >= 4 is 45.9 Å². The molecule has 3 amide bonds. The lowest BCUT2D eigenvalue weighted by Crippen LogP contribution is -2.46. The summed E-state index contributed by atoms with van der Waals surface area (Å²) in [6.45, 7) is -0.226. The fourth-order valence-electron chi connectivity index (χ4n) is 6.04. The summed E-state index contributed by atoms with van der Waals surface area (Å²) in [6, 6.07) is 17.5. The van der Waals surface area contributed by atoms with Crippen LogP contribution in [0.5, 0.6) is 0 Å². The van der Waals surface area contributed by atoms with Gasteiger partial charge in [-0.1, -0.05) is 47.9 Å². The van der Waals surface area contributed by atoms with Crippen LogP contribution in [0, 0.1) is 23.6 Å². The molecule has 0 spiro atoms. The van der Waals surface area contributed by atoms with Crippen LogP contribution in [0.2, 0.25) is 5.02 Å². The van der Waals surface area contributed by atoms with E-state index in [2.05, 4.69) is 32.2 Å². The van der Waals surface area contributed by atoms with Gasteiger partial charge in [0.15, 0.2) is 11.5 Å². The number of hydrogen-bond acceptors (Lipinski definition) is 6. The summed E-state index contributed by atoms with van der Waals surface area (Å²) >= 11 is 6.29. The fraction of sp³-hybridized carbons (Fsp3) is 0.176. The summed E-state index contributed by atoms with van der Waals surface area (Å²) in [5.41, 5.74) is 7.48. The van der Waals surface area contributed by atoms with Gasteiger partial charge in [-0.05, 0) is 61.1 Å². The summed E-state index contributed by atoms with van der Waals surface area (Å²) in [6.07, 6.45) is 4.42. The molecule has 1 saturated carbocycles. The fourth-order valence-corrected chi connectivity index (χ4v) is 6.28. The second-order valence-electron chi connectivity index (χ2n) is 11.2. The van der Waals surface area contributed by atoms with E-state index in [1.54, 1.807) is 78.0 Å². The molecule has 1 saturated heterocycles. The van der Waals surface area contributed by atoms with E-state index in [1.165, 1.54) is 10.7 Å². The number of piperidine rings is 1. The van der Waals surface area contributed by atoms with E-state index in [0.29, 0.717) is 39.3 Å². The number of primary amides is 1. The molecule has 1 unspecified atom stereocenters. The molecule has 2 aliphatic rings. The molecule has 10 nitrogen and oxygen atoms in total. The average Bonchev–Trinajstić information content (AvgIpc) is 3.56. The maximum absolute atomic E-state index is 15.6. The number of halogens is 2. The second-order valence-corrected chi connectivity index (χ2v) is 11.6. The topological polar surface area (TPSA) is 136 Å². The third-order valence-electron chi connectivity index (χ3n) is 8.27. The predicted molar refractivity (Wildman–Crippen MR) is 169 cm³/mol. The number of rotatable bonds is 6. The Hall–Kier alpha value is -5.60. The highest BCUT2D eigenvalue weighted by Gasteiger charge is 2.56. The van der Waals surface area contributed by atoms with Crippen LogP contribution >= 0.6 is 11.6 Å². The van der Waals surface area contributed by atoms with Gasteiger partial charge in [-0.15, -0.1) is 0 Å². The van der Waals surface area contributed by atoms with E-state index < -0.39 is 23.7 Å². The van der Waals surface area contributed by atoms with Crippen molar-refractivity contribution in [2.24, 2.45) is 11.7 Å². The molecule has 5 aromatic rings. The molecule has 3 atom stereocenters. The standard InChI is InChI=1S/C34H25ClFN7O3/c35-24-7-2-1-5-21(24)22-6-3-8-25(31(22)36)40-34(46)28-17-20-16-27(20)43(28)30(44)18-42-26-11-9-19(10-12-29-38-13-4-14-39-29)15-23(26)32(41-42)33(37)45/h1-9,11,13-15,20,27-28H,16-18H2,(H2,37,45)(H,40,46)/t20-,27?,28+/m1/s1. The first-order valence-electron chi connectivity index (χ1n) is 14.5. The first-order chi connectivity index (χ1) is 22.3. The third kappa shape index (κ3) is 5.44. The van der Waals surface area contributed by atoms with E-state index in [1.807, 2.05) is 0 Å². The van der Waals surface area contributed by atoms with Crippen LogP contribution in [0.3, 0.4) is 0 Å². The summed E-state index contributed by atoms with van der Waals surface area (Å²) < 4.78 is 17.0. The number of carbonyl (C=O) groups excluding carboxylic acids is 3. The van der Waals surface area contributed by atoms with Crippen LogP contribution in [-0.4, -0.2) is 54.5 Å². The molecular weight excluding hydrogens is 609 g/mol. The maximum Gasteiger partial charge on any atom is 0.269 e. The van der Waals surface area contributed by atoms with E-state index in [9.17, 15) is 14.4 Å². The number of likely N-dealkylation sites (tertiary alicyclic amines) is 1. The first kappa shape index (κ1) is 29.1. The molecule has 2 fully saturated rings. The molecule has 1 aliphatic heterocycles. The number of nitrogens with zero attached hydrogens (tertiary/aromatic N) is 5. The zero-order valence-corrected chi connectivity index (χ0v) is 24.9. The number of nitrogens with one attached hydrogen (secondary N) is 1. The molecule has 0 bridgehead atoms. The average molecular weight is 634 g/mol. The molecule has 3 heterocycles. The number of benzene rings is 3. The highest BCUT2D eigenvalue weighted by Crippen LogP contribution is 2.48. The summed E-state index contributed by atoms with van der Waals surface area (Å²) in [5, 5.41) is 7.87. The van der Waals surface area contributed by atoms with E-state index in [-0.39, 0.29) is 41.4 Å². The van der Waals surface area contributed by atoms with Crippen LogP contribution in [0.25, 0.3) is 22.0 Å². The Morgan fingerprint density at radius 3 is 2.54 bits per heavy atom. The normalized spacial score (nSPS) is 18.0. The highest BCUT2D eigenvalue weighted by molar-refractivity contribution is 6.33. The number of anilines is 1. The van der Waals surface area contributed by atoms with Gasteiger partial charge in [0.1, 0.15) is 12.6 Å². The maximum atomic E-state index is 15.6. The van der Waals surface area contributed by atoms with Crippen LogP contribution in [0.1, 0.15) is 34.7 Å². The highest BCUT2D eigenvalue weighted by atomic mass is 35.5. The van der Waals surface area contributed by atoms with Crippen molar-refractivity contribution in [2.75, 3.05) is 5.32 Å². The molecule has 3 aromatic carbocycles. The van der Waals surface area contributed by atoms with Crippen LogP contribution in [-0.2, 0) is 16.1 Å². The van der Waals surface area contributed by atoms with Gasteiger partial charge < -0.3 is 16.0 Å². The Morgan fingerprint density at radius 1 is 0.978 bits per heavy atom. The Balaban J connectivity index is 1.12. The molecule has 3 N–H and O–H groups in total. The van der Waals surface area contributed by atoms with Gasteiger partial charge in [0.05, 0.1) is 11.2 Å². The van der Waals surface area contributed by atoms with Gasteiger partial charge in [-0.25, -0.2) is 14.4 Å². The van der Waals surface area contributed by atoms with Crippen molar-refractivity contribution in [3.63, 3.8) is 0 Å². The quantitative estimate of drug-likeness (QED) is 0.266. The summed E-state index contributed by atoms with van der Waals surface area (Å²) in [5.74, 6) is 4.16. The molecule has 7 rings (SSSR count). The molecule has 12 heteroatoms. The molecule has 2 aromatic heterocycles. The number of aromatic nitrogens is 4. The lowest BCUT2D eigenvalue weighted by Gasteiger charge is -2.27. The SMILES string of the molecule is NC(=O)c1nn(CC(=O)N2C3C[C@@H]3C[C@H]2C(=O)Nc2cccc(-c3ccccc3Cl)c2F)c2ccc(C#Cc3ncccn3)cc12. The van der Waals surface area contributed by atoms with Crippen LogP contribution < -0.4 is 11.1 Å². The van der Waals surface area contributed by atoms with Crippen LogP contribution in [0.15, 0.2) is 79.1 Å². The number of nitrogens with two attached hydrogens (primary N) is 1. The molecule has 1 aliphatic carbocycles. The first-order valence-corrected chi connectivity index (χ1v) is 14.9. The smallest absolute Gasteiger partial charge is 0.269 e. The van der Waals surface area contributed by atoms with E-state index in [0.717, 1.165) is 6.42 Å². The number of carbonyl (C=O) groups is 3. The van der Waals surface area contributed by atoms with Gasteiger partial charge in [-0.2, -0.15) is 5.10 Å². The minimum atomic E-state index is -0.792. The van der Waals surface area contributed by atoms with Gasteiger partial charge in [0.25, 0.3) is 5.91 Å². The van der Waals surface area contributed by atoms with Crippen molar-refractivity contribution in [3.05, 3.63) is 107 Å². The van der Waals surface area contributed by atoms with Crippen LogP contribution in [0.4, 0.5) is 10.1 Å². The van der Waals surface area contributed by atoms with Gasteiger partial charge >= 0.3 is 0 Å². The van der Waals surface area contributed by atoms with Gasteiger partial charge in [-0.3, -0.25) is 19.1 Å². The third-order valence-corrected chi connectivity index (χ3v) is 8.60. The number of fused-ring (bicyclic) bond motifs is 2. The molecular formula is C34H25ClFN7O3. The zero-order chi connectivity index (χ0) is 31.9. The van der Waals surface area contributed by atoms with Crippen molar-refractivity contribution in [2.45, 2.75) is 31.5 Å². The lowest BCUT2D eigenvalue weighted by molar-refractivity contribution is -0.138. The molecule has 0 radical (unpaired) electrons. The van der Waals surface area contributed by atoms with E-state index >= 15 is 4.39 Å².